The summed E-state index contributed by atoms with van der Waals surface area (Å²) >= 11 is 0. The van der Waals surface area contributed by atoms with Gasteiger partial charge in [-0.25, -0.2) is 0 Å². The van der Waals surface area contributed by atoms with Gasteiger partial charge in [0.05, 0.1) is 19.8 Å². The van der Waals surface area contributed by atoms with E-state index < -0.39 is 0 Å². The number of fused-ring (bicyclic) bond motifs is 1. The lowest BCUT2D eigenvalue weighted by Gasteiger charge is -2.33. The van der Waals surface area contributed by atoms with Crippen molar-refractivity contribution in [3.8, 4) is 0 Å². The van der Waals surface area contributed by atoms with E-state index >= 15 is 0 Å². The fraction of sp³-hybridized carbons (Fsp3) is 0.706. The Labute approximate surface area is 133 Å². The summed E-state index contributed by atoms with van der Waals surface area (Å²) in [4.78, 5) is 9.11. The molecule has 1 aromatic rings. The summed E-state index contributed by atoms with van der Waals surface area (Å²) in [5.41, 5.74) is 4.08. The molecule has 0 radical (unpaired) electrons. The summed E-state index contributed by atoms with van der Waals surface area (Å²) in [7, 11) is 4.13. The minimum atomic E-state index is 0.591. The molecule has 1 atom stereocenters. The highest BCUT2D eigenvalue weighted by molar-refractivity contribution is 5.33. The average molecular weight is 305 g/mol. The normalized spacial score (nSPS) is 22.2. The molecule has 0 N–H and O–H groups in total. The molecule has 0 amide bonds. The Hall–Kier alpha value is -1.01. The zero-order valence-corrected chi connectivity index (χ0v) is 13.8. The fourth-order valence-corrected chi connectivity index (χ4v) is 3.27. The molecule has 5 nitrogen and oxygen atoms in total. The fourth-order valence-electron chi connectivity index (χ4n) is 3.27. The third kappa shape index (κ3) is 3.84. The Morgan fingerprint density at radius 3 is 3.09 bits per heavy atom. The zero-order chi connectivity index (χ0) is 15.4. The van der Waals surface area contributed by atoms with Crippen LogP contribution in [-0.2, 0) is 29.0 Å². The van der Waals surface area contributed by atoms with Crippen LogP contribution >= 0.6 is 0 Å². The third-order valence-corrected chi connectivity index (χ3v) is 4.62. The number of hydrogen-bond acceptors (Lipinski definition) is 5. The van der Waals surface area contributed by atoms with Gasteiger partial charge in [-0.2, -0.15) is 0 Å². The molecule has 2 aliphatic heterocycles. The second-order valence-corrected chi connectivity index (χ2v) is 6.53. The molecule has 22 heavy (non-hydrogen) atoms. The predicted octanol–water partition coefficient (Wildman–Crippen LogP) is 1.31. The van der Waals surface area contributed by atoms with Crippen molar-refractivity contribution in [2.45, 2.75) is 32.0 Å². The number of nitrogens with zero attached hydrogens (tertiary/aromatic N) is 3. The van der Waals surface area contributed by atoms with Crippen LogP contribution in [0.25, 0.3) is 0 Å². The van der Waals surface area contributed by atoms with E-state index in [1.165, 1.54) is 16.7 Å². The molecule has 0 aromatic carbocycles. The molecule has 0 saturated carbocycles. The maximum absolute atomic E-state index is 5.81. The van der Waals surface area contributed by atoms with Gasteiger partial charge in [-0.3, -0.25) is 9.88 Å². The standard InChI is InChI=1S/C17H27N3O2/c1-19(2)6-8-22-12-15-10-18-9-14-11-20(5-3-17(14)15)16-4-7-21-13-16/h9-10,16H,3-8,11-13H2,1-2H3/t16-/m0/s1. The number of aromatic nitrogens is 1. The van der Waals surface area contributed by atoms with Gasteiger partial charge >= 0.3 is 0 Å². The van der Waals surface area contributed by atoms with Crippen LogP contribution in [-0.4, -0.2) is 67.8 Å². The predicted molar refractivity (Wildman–Crippen MR) is 85.8 cm³/mol. The SMILES string of the molecule is CN(C)CCOCc1cncc2c1CCN([C@H]1CCOC1)C2. The summed E-state index contributed by atoms with van der Waals surface area (Å²) in [6.45, 7) is 6.32. The van der Waals surface area contributed by atoms with Gasteiger partial charge in [0.15, 0.2) is 0 Å². The molecular formula is C17H27N3O2. The first-order chi connectivity index (χ1) is 10.7. The Balaban J connectivity index is 1.60. The molecule has 1 fully saturated rings. The van der Waals surface area contributed by atoms with Gasteiger partial charge < -0.3 is 14.4 Å². The van der Waals surface area contributed by atoms with Crippen molar-refractivity contribution in [1.29, 1.82) is 0 Å². The van der Waals surface area contributed by atoms with Crippen LogP contribution in [0.3, 0.4) is 0 Å². The summed E-state index contributed by atoms with van der Waals surface area (Å²) in [6, 6.07) is 0.591. The highest BCUT2D eigenvalue weighted by atomic mass is 16.5. The maximum atomic E-state index is 5.81. The molecule has 3 rings (SSSR count). The summed E-state index contributed by atoms with van der Waals surface area (Å²) < 4.78 is 11.3. The van der Waals surface area contributed by atoms with Crippen molar-refractivity contribution in [3.63, 3.8) is 0 Å². The van der Waals surface area contributed by atoms with Gasteiger partial charge in [0.2, 0.25) is 0 Å². The number of likely N-dealkylation sites (N-methyl/N-ethyl adjacent to an activating group) is 1. The molecule has 0 unspecified atom stereocenters. The van der Waals surface area contributed by atoms with E-state index in [1.807, 2.05) is 12.4 Å². The highest BCUT2D eigenvalue weighted by Crippen LogP contribution is 2.25. The van der Waals surface area contributed by atoms with E-state index in [9.17, 15) is 0 Å². The number of rotatable bonds is 6. The molecule has 0 spiro atoms. The van der Waals surface area contributed by atoms with Gasteiger partial charge in [0.25, 0.3) is 0 Å². The van der Waals surface area contributed by atoms with Gasteiger partial charge in [-0.05, 0) is 43.6 Å². The molecule has 2 aliphatic rings. The number of hydrogen-bond donors (Lipinski definition) is 0. The van der Waals surface area contributed by atoms with Crippen molar-refractivity contribution in [1.82, 2.24) is 14.8 Å². The van der Waals surface area contributed by atoms with Gasteiger partial charge in [-0.1, -0.05) is 0 Å². The van der Waals surface area contributed by atoms with Crippen LogP contribution in [0, 0.1) is 0 Å². The molecule has 122 valence electrons. The van der Waals surface area contributed by atoms with Crippen LogP contribution in [0.1, 0.15) is 23.1 Å². The first-order valence-electron chi connectivity index (χ1n) is 8.23. The molecular weight excluding hydrogens is 278 g/mol. The quantitative estimate of drug-likeness (QED) is 0.741. The monoisotopic (exact) mass is 305 g/mol. The summed E-state index contributed by atoms with van der Waals surface area (Å²) in [5.74, 6) is 0. The third-order valence-electron chi connectivity index (χ3n) is 4.62. The van der Waals surface area contributed by atoms with E-state index in [-0.39, 0.29) is 0 Å². The molecule has 0 bridgehead atoms. The van der Waals surface area contributed by atoms with Crippen molar-refractivity contribution < 1.29 is 9.47 Å². The summed E-state index contributed by atoms with van der Waals surface area (Å²) in [6.07, 6.45) is 6.26. The molecule has 1 saturated heterocycles. The average Bonchev–Trinajstić information content (AvgIpc) is 3.05. The first-order valence-corrected chi connectivity index (χ1v) is 8.23. The Kier molecular flexibility index (Phi) is 5.41. The van der Waals surface area contributed by atoms with Crippen LogP contribution < -0.4 is 0 Å². The summed E-state index contributed by atoms with van der Waals surface area (Å²) in [5, 5.41) is 0. The minimum absolute atomic E-state index is 0.591. The smallest absolute Gasteiger partial charge is 0.0735 e. The Bertz CT molecular complexity index is 487. The van der Waals surface area contributed by atoms with E-state index in [0.717, 1.165) is 52.3 Å². The number of pyridine rings is 1. The van der Waals surface area contributed by atoms with Gasteiger partial charge in [-0.15, -0.1) is 0 Å². The Morgan fingerprint density at radius 2 is 2.32 bits per heavy atom. The van der Waals surface area contributed by atoms with E-state index in [4.69, 9.17) is 9.47 Å². The maximum Gasteiger partial charge on any atom is 0.0735 e. The molecule has 3 heterocycles. The van der Waals surface area contributed by atoms with Crippen LogP contribution in [0.15, 0.2) is 12.4 Å². The van der Waals surface area contributed by atoms with Crippen LogP contribution in [0.2, 0.25) is 0 Å². The van der Waals surface area contributed by atoms with Gasteiger partial charge in [0.1, 0.15) is 0 Å². The second kappa shape index (κ2) is 7.51. The lowest BCUT2D eigenvalue weighted by Crippen LogP contribution is -2.40. The molecule has 0 aliphatic carbocycles. The number of ether oxygens (including phenoxy) is 2. The van der Waals surface area contributed by atoms with Crippen LogP contribution in [0.5, 0.6) is 0 Å². The topological polar surface area (TPSA) is 37.8 Å². The molecule has 1 aromatic heterocycles. The lowest BCUT2D eigenvalue weighted by molar-refractivity contribution is 0.103. The highest BCUT2D eigenvalue weighted by Gasteiger charge is 2.27. The van der Waals surface area contributed by atoms with E-state index in [2.05, 4.69) is 28.9 Å². The van der Waals surface area contributed by atoms with Crippen molar-refractivity contribution in [2.24, 2.45) is 0 Å². The van der Waals surface area contributed by atoms with Crippen molar-refractivity contribution >= 4 is 0 Å². The largest absolute Gasteiger partial charge is 0.380 e. The van der Waals surface area contributed by atoms with Crippen molar-refractivity contribution in [3.05, 3.63) is 29.1 Å². The lowest BCUT2D eigenvalue weighted by atomic mass is 9.96. The van der Waals surface area contributed by atoms with E-state index in [1.54, 1.807) is 0 Å². The van der Waals surface area contributed by atoms with Gasteiger partial charge in [0, 0.05) is 44.7 Å². The first kappa shape index (κ1) is 15.9. The minimum Gasteiger partial charge on any atom is -0.380 e. The van der Waals surface area contributed by atoms with E-state index in [0.29, 0.717) is 12.6 Å². The zero-order valence-electron chi connectivity index (χ0n) is 13.8. The second-order valence-electron chi connectivity index (χ2n) is 6.53. The molecule has 5 heteroatoms. The van der Waals surface area contributed by atoms with Crippen LogP contribution in [0.4, 0.5) is 0 Å². The van der Waals surface area contributed by atoms with Crippen molar-refractivity contribution in [2.75, 3.05) is 47.0 Å². The Morgan fingerprint density at radius 1 is 1.41 bits per heavy atom.